The molecule has 0 aromatic heterocycles. The van der Waals surface area contributed by atoms with Crippen LogP contribution in [0.2, 0.25) is 0 Å². The first-order valence-electron chi connectivity index (χ1n) is 10.1. The minimum Gasteiger partial charge on any atom is -0.497 e. The maximum Gasteiger partial charge on any atom is 0.255 e. The van der Waals surface area contributed by atoms with Gasteiger partial charge in [-0.05, 0) is 61.4 Å². The monoisotopic (exact) mass is 405 g/mol. The zero-order valence-corrected chi connectivity index (χ0v) is 17.6. The van der Waals surface area contributed by atoms with Crippen molar-refractivity contribution in [3.05, 3.63) is 83.4 Å². The molecule has 1 amide bonds. The van der Waals surface area contributed by atoms with Crippen LogP contribution in [0.3, 0.4) is 0 Å². The number of aryl methyl sites for hydroxylation is 1. The summed E-state index contributed by atoms with van der Waals surface area (Å²) in [7, 11) is 1.62. The van der Waals surface area contributed by atoms with E-state index in [1.165, 1.54) is 5.56 Å². The highest BCUT2D eigenvalue weighted by atomic mass is 16.5. The Morgan fingerprint density at radius 3 is 2.37 bits per heavy atom. The third-order valence-corrected chi connectivity index (χ3v) is 4.68. The van der Waals surface area contributed by atoms with Gasteiger partial charge in [0.1, 0.15) is 23.9 Å². The number of anilines is 1. The minimum atomic E-state index is -0.176. The van der Waals surface area contributed by atoms with Gasteiger partial charge in [-0.1, -0.05) is 25.1 Å². The van der Waals surface area contributed by atoms with Gasteiger partial charge in [0.05, 0.1) is 13.7 Å². The Hall–Kier alpha value is -3.47. The van der Waals surface area contributed by atoms with Crippen molar-refractivity contribution in [3.63, 3.8) is 0 Å². The molecule has 0 aliphatic carbocycles. The molecule has 0 unspecified atom stereocenters. The van der Waals surface area contributed by atoms with E-state index in [1.807, 2.05) is 61.5 Å². The molecule has 3 rings (SSSR count). The molecular weight excluding hydrogens is 378 g/mol. The van der Waals surface area contributed by atoms with Crippen molar-refractivity contribution < 1.29 is 19.0 Å². The van der Waals surface area contributed by atoms with Crippen LogP contribution in [-0.2, 0) is 13.0 Å². The number of carbonyl (C=O) groups is 1. The first kappa shape index (κ1) is 21.2. The van der Waals surface area contributed by atoms with Crippen LogP contribution in [0, 0.1) is 0 Å². The molecule has 0 saturated carbocycles. The van der Waals surface area contributed by atoms with Crippen LogP contribution in [-0.4, -0.2) is 19.6 Å². The lowest BCUT2D eigenvalue weighted by Gasteiger charge is -2.14. The maximum absolute atomic E-state index is 12.7. The summed E-state index contributed by atoms with van der Waals surface area (Å²) in [5.41, 5.74) is 3.34. The average Bonchev–Trinajstić information content (AvgIpc) is 2.79. The molecule has 0 radical (unpaired) electrons. The van der Waals surface area contributed by atoms with E-state index in [0.717, 1.165) is 23.4 Å². The Morgan fingerprint density at radius 2 is 1.67 bits per heavy atom. The van der Waals surface area contributed by atoms with Gasteiger partial charge in [-0.3, -0.25) is 4.79 Å². The normalized spacial score (nSPS) is 10.4. The lowest BCUT2D eigenvalue weighted by molar-refractivity contribution is 0.102. The number of rotatable bonds is 9. The third kappa shape index (κ3) is 5.54. The largest absolute Gasteiger partial charge is 0.497 e. The Kier molecular flexibility index (Phi) is 7.33. The van der Waals surface area contributed by atoms with E-state index in [1.54, 1.807) is 19.2 Å². The van der Waals surface area contributed by atoms with E-state index >= 15 is 0 Å². The number of carbonyl (C=O) groups excluding carboxylic acids is 1. The molecule has 5 nitrogen and oxygen atoms in total. The summed E-state index contributed by atoms with van der Waals surface area (Å²) in [4.78, 5) is 12.7. The fourth-order valence-electron chi connectivity index (χ4n) is 3.01. The van der Waals surface area contributed by atoms with Crippen LogP contribution >= 0.6 is 0 Å². The molecule has 3 aromatic carbocycles. The van der Waals surface area contributed by atoms with Crippen LogP contribution in [0.1, 0.15) is 35.3 Å². The van der Waals surface area contributed by atoms with Gasteiger partial charge in [-0.2, -0.15) is 0 Å². The number of benzene rings is 3. The van der Waals surface area contributed by atoms with E-state index in [0.29, 0.717) is 23.7 Å². The molecule has 30 heavy (non-hydrogen) atoms. The predicted molar refractivity (Wildman–Crippen MR) is 119 cm³/mol. The zero-order valence-electron chi connectivity index (χ0n) is 17.6. The summed E-state index contributed by atoms with van der Waals surface area (Å²) in [6.45, 7) is 4.83. The maximum atomic E-state index is 12.7. The van der Waals surface area contributed by atoms with Crippen LogP contribution in [0.4, 0.5) is 5.69 Å². The molecule has 0 saturated heterocycles. The number of hydrogen-bond acceptors (Lipinski definition) is 4. The summed E-state index contributed by atoms with van der Waals surface area (Å²) in [6.07, 6.45) is 0.962. The summed E-state index contributed by atoms with van der Waals surface area (Å²) < 4.78 is 16.9. The molecule has 0 heterocycles. The smallest absolute Gasteiger partial charge is 0.255 e. The molecular formula is C25H27NO4. The Bertz CT molecular complexity index is 983. The summed E-state index contributed by atoms with van der Waals surface area (Å²) in [6, 6.07) is 20.6. The molecule has 0 atom stereocenters. The van der Waals surface area contributed by atoms with Crippen LogP contribution in [0.25, 0.3) is 0 Å². The second kappa shape index (κ2) is 10.3. The zero-order chi connectivity index (χ0) is 21.3. The molecule has 0 fully saturated rings. The summed E-state index contributed by atoms with van der Waals surface area (Å²) >= 11 is 0. The van der Waals surface area contributed by atoms with Gasteiger partial charge in [-0.15, -0.1) is 0 Å². The van der Waals surface area contributed by atoms with Gasteiger partial charge >= 0.3 is 0 Å². The third-order valence-electron chi connectivity index (χ3n) is 4.68. The second-order valence-electron chi connectivity index (χ2n) is 6.73. The van der Waals surface area contributed by atoms with Gasteiger partial charge in [0.15, 0.2) is 0 Å². The lowest BCUT2D eigenvalue weighted by atomic mass is 10.1. The van der Waals surface area contributed by atoms with E-state index < -0.39 is 0 Å². The molecule has 0 bridgehead atoms. The number of hydrogen-bond donors (Lipinski definition) is 1. The van der Waals surface area contributed by atoms with E-state index in [2.05, 4.69) is 12.2 Å². The van der Waals surface area contributed by atoms with Gasteiger partial charge in [0, 0.05) is 22.9 Å². The van der Waals surface area contributed by atoms with Crippen molar-refractivity contribution in [2.75, 3.05) is 19.0 Å². The number of amides is 1. The molecule has 5 heteroatoms. The standard InChI is InChI=1S/C25H27NO4/c1-4-18-9-12-21(13-10-18)26-25(27)19-11-14-24(29-5-2)20(15-19)17-30-23-8-6-7-22(16-23)28-3/h6-16H,4-5,17H2,1-3H3,(H,26,27). The number of ether oxygens (including phenoxy) is 3. The van der Waals surface area contributed by atoms with Gasteiger partial charge < -0.3 is 19.5 Å². The fraction of sp³-hybridized carbons (Fsp3) is 0.240. The predicted octanol–water partition coefficient (Wildman–Crippen LogP) is 5.49. The molecule has 0 spiro atoms. The van der Waals surface area contributed by atoms with Crippen LogP contribution in [0.5, 0.6) is 17.2 Å². The Balaban J connectivity index is 1.76. The van der Waals surface area contributed by atoms with E-state index in [9.17, 15) is 4.79 Å². The second-order valence-corrected chi connectivity index (χ2v) is 6.73. The summed E-state index contributed by atoms with van der Waals surface area (Å²) in [5.74, 6) is 1.93. The van der Waals surface area contributed by atoms with E-state index in [4.69, 9.17) is 14.2 Å². The van der Waals surface area contributed by atoms with Crippen LogP contribution in [0.15, 0.2) is 66.7 Å². The molecule has 0 aliphatic rings. The van der Waals surface area contributed by atoms with E-state index in [-0.39, 0.29) is 12.5 Å². The summed E-state index contributed by atoms with van der Waals surface area (Å²) in [5, 5.41) is 2.94. The highest BCUT2D eigenvalue weighted by Gasteiger charge is 2.12. The highest BCUT2D eigenvalue weighted by Crippen LogP contribution is 2.25. The quantitative estimate of drug-likeness (QED) is 0.512. The van der Waals surface area contributed by atoms with Crippen molar-refractivity contribution in [1.29, 1.82) is 0 Å². The Labute approximate surface area is 177 Å². The van der Waals surface area contributed by atoms with Gasteiger partial charge in [0.2, 0.25) is 0 Å². The lowest BCUT2D eigenvalue weighted by Crippen LogP contribution is -2.13. The van der Waals surface area contributed by atoms with Crippen molar-refractivity contribution in [2.24, 2.45) is 0 Å². The highest BCUT2D eigenvalue weighted by molar-refractivity contribution is 6.04. The first-order valence-corrected chi connectivity index (χ1v) is 10.1. The SMILES string of the molecule is CCOc1ccc(C(=O)Nc2ccc(CC)cc2)cc1COc1cccc(OC)c1. The van der Waals surface area contributed by atoms with Gasteiger partial charge in [-0.25, -0.2) is 0 Å². The van der Waals surface area contributed by atoms with Gasteiger partial charge in [0.25, 0.3) is 5.91 Å². The topological polar surface area (TPSA) is 56.8 Å². The number of methoxy groups -OCH3 is 1. The van der Waals surface area contributed by atoms with Crippen LogP contribution < -0.4 is 19.5 Å². The minimum absolute atomic E-state index is 0.176. The average molecular weight is 405 g/mol. The van der Waals surface area contributed by atoms with Crippen molar-refractivity contribution in [2.45, 2.75) is 26.9 Å². The number of nitrogens with one attached hydrogen (secondary N) is 1. The Morgan fingerprint density at radius 1 is 0.900 bits per heavy atom. The molecule has 3 aromatic rings. The fourth-order valence-corrected chi connectivity index (χ4v) is 3.01. The molecule has 156 valence electrons. The van der Waals surface area contributed by atoms with Crippen molar-refractivity contribution in [3.8, 4) is 17.2 Å². The van der Waals surface area contributed by atoms with Crippen molar-refractivity contribution in [1.82, 2.24) is 0 Å². The molecule has 0 aliphatic heterocycles. The molecule has 1 N–H and O–H groups in total. The van der Waals surface area contributed by atoms with Crippen molar-refractivity contribution >= 4 is 11.6 Å². The first-order chi connectivity index (χ1) is 14.6.